The van der Waals surface area contributed by atoms with Crippen molar-refractivity contribution in [1.82, 2.24) is 15.3 Å². The van der Waals surface area contributed by atoms with Gasteiger partial charge in [-0.05, 0) is 6.07 Å². The van der Waals surface area contributed by atoms with E-state index in [-0.39, 0.29) is 17.2 Å². The van der Waals surface area contributed by atoms with Crippen molar-refractivity contribution in [2.45, 2.75) is 12.1 Å². The first kappa shape index (κ1) is 16.3. The van der Waals surface area contributed by atoms with Crippen molar-refractivity contribution in [2.75, 3.05) is 23.9 Å². The van der Waals surface area contributed by atoms with Crippen LogP contribution in [0.25, 0.3) is 11.0 Å². The lowest BCUT2D eigenvalue weighted by atomic mass is 10.2. The van der Waals surface area contributed by atoms with Crippen LogP contribution in [0, 0.1) is 0 Å². The van der Waals surface area contributed by atoms with E-state index in [1.807, 2.05) is 0 Å². The van der Waals surface area contributed by atoms with Crippen molar-refractivity contribution in [1.29, 1.82) is 0 Å². The number of sulfone groups is 1. The fourth-order valence-electron chi connectivity index (χ4n) is 2.62. The number of aliphatic hydroxyl groups is 1. The summed E-state index contributed by atoms with van der Waals surface area (Å²) in [7, 11) is -1.96. The predicted molar refractivity (Wildman–Crippen MR) is 86.1 cm³/mol. The molecule has 1 aromatic heterocycles. The Bertz CT molecular complexity index is 947. The summed E-state index contributed by atoms with van der Waals surface area (Å²) in [6, 6.07) is 1.48. The molecule has 2 amide bonds. The van der Waals surface area contributed by atoms with Crippen LogP contribution in [0.15, 0.2) is 16.9 Å². The van der Waals surface area contributed by atoms with Crippen LogP contribution >= 0.6 is 0 Å². The van der Waals surface area contributed by atoms with Gasteiger partial charge in [-0.1, -0.05) is 0 Å². The van der Waals surface area contributed by atoms with Gasteiger partial charge >= 0.3 is 11.7 Å². The molecule has 0 radical (unpaired) electrons. The van der Waals surface area contributed by atoms with E-state index in [0.717, 1.165) is 0 Å². The van der Waals surface area contributed by atoms with Gasteiger partial charge in [0.05, 0.1) is 47.5 Å². The number of benzene rings is 1. The van der Waals surface area contributed by atoms with E-state index in [1.54, 1.807) is 0 Å². The number of urea groups is 1. The van der Waals surface area contributed by atoms with Crippen molar-refractivity contribution in [2.24, 2.45) is 0 Å². The summed E-state index contributed by atoms with van der Waals surface area (Å²) in [6.07, 6.45) is -1.15. The van der Waals surface area contributed by atoms with Crippen LogP contribution in [-0.4, -0.2) is 60.3 Å². The molecular formula is C13H16N4O6S. The summed E-state index contributed by atoms with van der Waals surface area (Å²) in [6.45, 7) is 0. The van der Waals surface area contributed by atoms with E-state index in [0.29, 0.717) is 16.8 Å². The molecule has 24 heavy (non-hydrogen) atoms. The number of ether oxygens (including phenoxy) is 1. The number of fused-ring (bicyclic) bond motifs is 1. The number of carbonyl (C=O) groups excluding carboxylic acids is 1. The standard InChI is InChI=1S/C13H16N4O6S/c1-23-11-3-7-6(14-12(19)15-7)2-8(11)16-13(20)17-9-4-24(21,22)5-10(9)18/h2-3,9-10,18H,4-5H2,1H3,(H2,14,15,19)(H2,16,17,20)/t9-,10-/m1/s1. The normalized spacial score (nSPS) is 22.4. The number of rotatable bonds is 3. The minimum atomic E-state index is -3.36. The zero-order valence-electron chi connectivity index (χ0n) is 12.6. The third-order valence-electron chi connectivity index (χ3n) is 3.72. The molecule has 2 atom stereocenters. The molecule has 0 saturated carbocycles. The number of H-pyrrole nitrogens is 2. The van der Waals surface area contributed by atoms with Gasteiger partial charge in [0.15, 0.2) is 9.84 Å². The van der Waals surface area contributed by atoms with Crippen LogP contribution in [0.2, 0.25) is 0 Å². The van der Waals surface area contributed by atoms with Crippen molar-refractivity contribution in [3.8, 4) is 5.75 Å². The molecule has 1 aromatic carbocycles. The highest BCUT2D eigenvalue weighted by molar-refractivity contribution is 7.91. The Morgan fingerprint density at radius 3 is 2.54 bits per heavy atom. The molecule has 10 nitrogen and oxygen atoms in total. The first-order valence-electron chi connectivity index (χ1n) is 7.03. The fraction of sp³-hybridized carbons (Fsp3) is 0.385. The van der Waals surface area contributed by atoms with Gasteiger partial charge in [-0.15, -0.1) is 0 Å². The number of aromatic nitrogens is 2. The number of aliphatic hydroxyl groups excluding tert-OH is 1. The minimum Gasteiger partial charge on any atom is -0.494 e. The molecule has 5 N–H and O–H groups in total. The van der Waals surface area contributed by atoms with Gasteiger partial charge in [-0.25, -0.2) is 18.0 Å². The molecule has 0 bridgehead atoms. The highest BCUT2D eigenvalue weighted by Gasteiger charge is 2.37. The quantitative estimate of drug-likeness (QED) is 0.482. The lowest BCUT2D eigenvalue weighted by Gasteiger charge is -2.16. The third-order valence-corrected chi connectivity index (χ3v) is 5.44. The second kappa shape index (κ2) is 5.83. The molecule has 1 aliphatic heterocycles. The van der Waals surface area contributed by atoms with Crippen LogP contribution in [0.1, 0.15) is 0 Å². The number of anilines is 1. The monoisotopic (exact) mass is 356 g/mol. The Morgan fingerprint density at radius 2 is 1.96 bits per heavy atom. The van der Waals surface area contributed by atoms with Gasteiger partial charge in [0.1, 0.15) is 5.75 Å². The molecular weight excluding hydrogens is 340 g/mol. The Labute approximate surface area is 136 Å². The van der Waals surface area contributed by atoms with Crippen molar-refractivity contribution < 1.29 is 23.1 Å². The smallest absolute Gasteiger partial charge is 0.323 e. The molecule has 1 saturated heterocycles. The number of nitrogens with one attached hydrogen (secondary N) is 4. The number of aromatic amines is 2. The molecule has 11 heteroatoms. The molecule has 2 aromatic rings. The Kier molecular flexibility index (Phi) is 3.97. The largest absolute Gasteiger partial charge is 0.494 e. The summed E-state index contributed by atoms with van der Waals surface area (Å²) in [5.41, 5.74) is 0.876. The third kappa shape index (κ3) is 3.21. The lowest BCUT2D eigenvalue weighted by Crippen LogP contribution is -2.44. The number of hydrogen-bond donors (Lipinski definition) is 5. The van der Waals surface area contributed by atoms with Gasteiger partial charge in [-0.3, -0.25) is 0 Å². The zero-order chi connectivity index (χ0) is 17.5. The number of imidazole rings is 1. The van der Waals surface area contributed by atoms with Crippen LogP contribution in [0.4, 0.5) is 10.5 Å². The topological polar surface area (TPSA) is 153 Å². The molecule has 3 rings (SSSR count). The molecule has 1 aliphatic rings. The van der Waals surface area contributed by atoms with Gasteiger partial charge in [-0.2, -0.15) is 0 Å². The van der Waals surface area contributed by atoms with E-state index in [9.17, 15) is 23.1 Å². The van der Waals surface area contributed by atoms with Crippen molar-refractivity contribution >= 4 is 32.6 Å². The molecule has 2 heterocycles. The molecule has 130 valence electrons. The molecule has 0 unspecified atom stereocenters. The fourth-order valence-corrected chi connectivity index (χ4v) is 4.36. The average Bonchev–Trinajstić information content (AvgIpc) is 2.95. The maximum absolute atomic E-state index is 12.1. The summed E-state index contributed by atoms with van der Waals surface area (Å²) in [5, 5.41) is 14.6. The number of hydrogen-bond acceptors (Lipinski definition) is 6. The summed E-state index contributed by atoms with van der Waals surface area (Å²) in [5.74, 6) is -0.381. The van der Waals surface area contributed by atoms with Crippen LogP contribution in [-0.2, 0) is 9.84 Å². The van der Waals surface area contributed by atoms with E-state index in [2.05, 4.69) is 20.6 Å². The zero-order valence-corrected chi connectivity index (χ0v) is 13.4. The summed E-state index contributed by atoms with van der Waals surface area (Å²) < 4.78 is 28.1. The number of methoxy groups -OCH3 is 1. The van der Waals surface area contributed by atoms with Gasteiger partial charge in [0, 0.05) is 6.07 Å². The maximum atomic E-state index is 12.1. The van der Waals surface area contributed by atoms with E-state index < -0.39 is 33.7 Å². The molecule has 1 fully saturated rings. The number of amides is 2. The highest BCUT2D eigenvalue weighted by atomic mass is 32.2. The predicted octanol–water partition coefficient (Wildman–Crippen LogP) is -0.856. The van der Waals surface area contributed by atoms with Crippen molar-refractivity contribution in [3.05, 3.63) is 22.6 Å². The SMILES string of the molecule is COc1cc2[nH]c(=O)[nH]c2cc1NC(=O)N[C@@H]1CS(=O)(=O)C[C@H]1O. The second-order valence-corrected chi connectivity index (χ2v) is 7.68. The number of carbonyl (C=O) groups is 1. The van der Waals surface area contributed by atoms with Crippen LogP contribution < -0.4 is 21.1 Å². The Hall–Kier alpha value is -2.53. The highest BCUT2D eigenvalue weighted by Crippen LogP contribution is 2.28. The van der Waals surface area contributed by atoms with Crippen molar-refractivity contribution in [3.63, 3.8) is 0 Å². The second-order valence-electron chi connectivity index (χ2n) is 5.53. The summed E-state index contributed by atoms with van der Waals surface area (Å²) in [4.78, 5) is 28.5. The first-order valence-corrected chi connectivity index (χ1v) is 8.85. The molecule has 0 aliphatic carbocycles. The lowest BCUT2D eigenvalue weighted by molar-refractivity contribution is 0.167. The van der Waals surface area contributed by atoms with Crippen LogP contribution in [0.3, 0.4) is 0 Å². The van der Waals surface area contributed by atoms with E-state index >= 15 is 0 Å². The van der Waals surface area contributed by atoms with E-state index in [4.69, 9.17) is 4.74 Å². The van der Waals surface area contributed by atoms with Gasteiger partial charge in [0.25, 0.3) is 0 Å². The van der Waals surface area contributed by atoms with Crippen LogP contribution in [0.5, 0.6) is 5.75 Å². The van der Waals surface area contributed by atoms with Gasteiger partial charge < -0.3 is 30.4 Å². The van der Waals surface area contributed by atoms with Gasteiger partial charge in [0.2, 0.25) is 0 Å². The first-order chi connectivity index (χ1) is 11.3. The Morgan fingerprint density at radius 1 is 1.29 bits per heavy atom. The summed E-state index contributed by atoms with van der Waals surface area (Å²) >= 11 is 0. The Balaban J connectivity index is 1.79. The average molecular weight is 356 g/mol. The minimum absolute atomic E-state index is 0.285. The van der Waals surface area contributed by atoms with E-state index in [1.165, 1.54) is 19.2 Å². The maximum Gasteiger partial charge on any atom is 0.323 e. The molecule has 0 spiro atoms.